The summed E-state index contributed by atoms with van der Waals surface area (Å²) in [4.78, 5) is 16.0. The van der Waals surface area contributed by atoms with Crippen molar-refractivity contribution in [3.05, 3.63) is 66.0 Å². The molecule has 0 amide bonds. The zero-order valence-corrected chi connectivity index (χ0v) is 16.0. The maximum absolute atomic E-state index is 4.50. The van der Waals surface area contributed by atoms with E-state index in [0.717, 1.165) is 42.7 Å². The number of aryl methyl sites for hydroxylation is 2. The van der Waals surface area contributed by atoms with Crippen LogP contribution < -0.4 is 5.32 Å². The summed E-state index contributed by atoms with van der Waals surface area (Å²) < 4.78 is 2.01. The monoisotopic (exact) mass is 362 g/mol. The van der Waals surface area contributed by atoms with Crippen molar-refractivity contribution in [2.75, 3.05) is 18.4 Å². The fraction of sp³-hybridized carbons (Fsp3) is 0.381. The molecular formula is C21H26N6. The van der Waals surface area contributed by atoms with Gasteiger partial charge in [0.2, 0.25) is 0 Å². The van der Waals surface area contributed by atoms with E-state index in [9.17, 15) is 0 Å². The summed E-state index contributed by atoms with van der Waals surface area (Å²) in [6.45, 7) is 5.10. The number of likely N-dealkylation sites (tertiary alicyclic amines) is 1. The van der Waals surface area contributed by atoms with Crippen LogP contribution >= 0.6 is 0 Å². The first-order chi connectivity index (χ1) is 13.2. The van der Waals surface area contributed by atoms with Crippen molar-refractivity contribution in [3.8, 4) is 0 Å². The van der Waals surface area contributed by atoms with Gasteiger partial charge in [-0.05, 0) is 62.1 Å². The van der Waals surface area contributed by atoms with E-state index in [-0.39, 0.29) is 0 Å². The number of rotatable bonds is 5. The Morgan fingerprint density at radius 1 is 1.19 bits per heavy atom. The average molecular weight is 362 g/mol. The molecule has 4 heterocycles. The van der Waals surface area contributed by atoms with Gasteiger partial charge in [-0.15, -0.1) is 0 Å². The average Bonchev–Trinajstić information content (AvgIpc) is 3.07. The van der Waals surface area contributed by atoms with Gasteiger partial charge in [-0.1, -0.05) is 6.07 Å². The molecule has 27 heavy (non-hydrogen) atoms. The molecule has 0 aliphatic carbocycles. The van der Waals surface area contributed by atoms with Gasteiger partial charge in [-0.25, -0.2) is 15.0 Å². The van der Waals surface area contributed by atoms with E-state index in [1.54, 1.807) is 0 Å². The lowest BCUT2D eigenvalue weighted by Crippen LogP contribution is -2.34. The van der Waals surface area contributed by atoms with Crippen molar-refractivity contribution in [2.24, 2.45) is 7.05 Å². The number of piperidine rings is 1. The molecule has 0 spiro atoms. The highest BCUT2D eigenvalue weighted by Gasteiger charge is 2.22. The number of nitrogens with zero attached hydrogens (tertiary/aromatic N) is 5. The molecule has 6 nitrogen and oxygen atoms in total. The van der Waals surface area contributed by atoms with Crippen molar-refractivity contribution in [2.45, 2.75) is 32.2 Å². The van der Waals surface area contributed by atoms with Crippen molar-refractivity contribution in [3.63, 3.8) is 0 Å². The van der Waals surface area contributed by atoms with Crippen LogP contribution in [-0.2, 0) is 13.6 Å². The molecule has 3 aromatic heterocycles. The smallest absolute Gasteiger partial charge is 0.131 e. The Morgan fingerprint density at radius 2 is 2.11 bits per heavy atom. The normalized spacial score (nSPS) is 17.8. The van der Waals surface area contributed by atoms with Gasteiger partial charge >= 0.3 is 0 Å². The summed E-state index contributed by atoms with van der Waals surface area (Å²) in [5, 5.41) is 3.33. The second kappa shape index (κ2) is 7.88. The highest BCUT2D eigenvalue weighted by molar-refractivity contribution is 5.52. The van der Waals surface area contributed by atoms with Crippen LogP contribution in [0.2, 0.25) is 0 Å². The molecule has 1 N–H and O–H groups in total. The fourth-order valence-corrected chi connectivity index (χ4v) is 3.76. The minimum Gasteiger partial charge on any atom is -0.340 e. The highest BCUT2D eigenvalue weighted by atomic mass is 15.1. The van der Waals surface area contributed by atoms with E-state index in [0.29, 0.717) is 5.92 Å². The SMILES string of the molecule is Cc1cccc(Nc2cc(C3CCCN(Cc4cn(C)cn4)C3)ccn2)n1. The molecule has 0 bridgehead atoms. The van der Waals surface area contributed by atoms with Crippen LogP contribution in [0.5, 0.6) is 0 Å². The largest absolute Gasteiger partial charge is 0.340 e. The molecule has 4 rings (SSSR count). The molecule has 6 heteroatoms. The van der Waals surface area contributed by atoms with Gasteiger partial charge in [-0.2, -0.15) is 0 Å². The topological polar surface area (TPSA) is 58.9 Å². The summed E-state index contributed by atoms with van der Waals surface area (Å²) in [5.74, 6) is 2.21. The van der Waals surface area contributed by atoms with E-state index < -0.39 is 0 Å². The zero-order chi connectivity index (χ0) is 18.6. The highest BCUT2D eigenvalue weighted by Crippen LogP contribution is 2.29. The van der Waals surface area contributed by atoms with Gasteiger partial charge in [0.05, 0.1) is 12.0 Å². The number of anilines is 2. The number of imidazole rings is 1. The number of hydrogen-bond donors (Lipinski definition) is 1. The first kappa shape index (κ1) is 17.7. The summed E-state index contributed by atoms with van der Waals surface area (Å²) >= 11 is 0. The van der Waals surface area contributed by atoms with Crippen LogP contribution in [0, 0.1) is 6.92 Å². The van der Waals surface area contributed by atoms with Crippen LogP contribution in [0.3, 0.4) is 0 Å². The molecule has 0 radical (unpaired) electrons. The molecule has 0 aromatic carbocycles. The third kappa shape index (κ3) is 4.52. The number of nitrogens with one attached hydrogen (secondary N) is 1. The van der Waals surface area contributed by atoms with E-state index in [1.807, 2.05) is 49.3 Å². The van der Waals surface area contributed by atoms with Gasteiger partial charge in [-0.3, -0.25) is 4.90 Å². The molecule has 3 aromatic rings. The summed E-state index contributed by atoms with van der Waals surface area (Å²) in [5.41, 5.74) is 3.47. The Hall–Kier alpha value is -2.73. The summed E-state index contributed by atoms with van der Waals surface area (Å²) in [7, 11) is 2.02. The number of hydrogen-bond acceptors (Lipinski definition) is 5. The van der Waals surface area contributed by atoms with Gasteiger partial charge in [0.1, 0.15) is 11.6 Å². The Bertz CT molecular complexity index is 903. The molecule has 1 fully saturated rings. The van der Waals surface area contributed by atoms with E-state index in [2.05, 4.69) is 43.5 Å². The van der Waals surface area contributed by atoms with Crippen LogP contribution in [0.4, 0.5) is 11.6 Å². The third-order valence-electron chi connectivity index (χ3n) is 5.05. The van der Waals surface area contributed by atoms with Crippen molar-refractivity contribution in [1.29, 1.82) is 0 Å². The van der Waals surface area contributed by atoms with E-state index in [1.165, 1.54) is 18.4 Å². The lowest BCUT2D eigenvalue weighted by Gasteiger charge is -2.32. The minimum atomic E-state index is 0.525. The minimum absolute atomic E-state index is 0.525. The third-order valence-corrected chi connectivity index (χ3v) is 5.05. The van der Waals surface area contributed by atoms with Crippen molar-refractivity contribution in [1.82, 2.24) is 24.4 Å². The summed E-state index contributed by atoms with van der Waals surface area (Å²) in [6, 6.07) is 10.3. The molecular weight excluding hydrogens is 336 g/mol. The maximum Gasteiger partial charge on any atom is 0.131 e. The van der Waals surface area contributed by atoms with Gasteiger partial charge in [0, 0.05) is 38.2 Å². The van der Waals surface area contributed by atoms with E-state index >= 15 is 0 Å². The first-order valence-electron chi connectivity index (χ1n) is 9.51. The lowest BCUT2D eigenvalue weighted by atomic mass is 9.91. The second-order valence-corrected chi connectivity index (χ2v) is 7.37. The van der Waals surface area contributed by atoms with Crippen LogP contribution in [-0.4, -0.2) is 37.5 Å². The van der Waals surface area contributed by atoms with Gasteiger partial charge in [0.25, 0.3) is 0 Å². The zero-order valence-electron chi connectivity index (χ0n) is 16.0. The number of pyridine rings is 2. The Kier molecular flexibility index (Phi) is 5.16. The first-order valence-corrected chi connectivity index (χ1v) is 9.51. The van der Waals surface area contributed by atoms with Gasteiger partial charge < -0.3 is 9.88 Å². The molecule has 1 aliphatic heterocycles. The summed E-state index contributed by atoms with van der Waals surface area (Å²) in [6.07, 6.45) is 8.29. The maximum atomic E-state index is 4.50. The van der Waals surface area contributed by atoms with Crippen LogP contribution in [0.15, 0.2) is 49.1 Å². The predicted molar refractivity (Wildman–Crippen MR) is 107 cm³/mol. The van der Waals surface area contributed by atoms with Crippen molar-refractivity contribution >= 4 is 11.6 Å². The Morgan fingerprint density at radius 3 is 2.93 bits per heavy atom. The predicted octanol–water partition coefficient (Wildman–Crippen LogP) is 3.64. The number of aromatic nitrogens is 4. The van der Waals surface area contributed by atoms with Crippen LogP contribution in [0.25, 0.3) is 0 Å². The fourth-order valence-electron chi connectivity index (χ4n) is 3.76. The molecule has 1 unspecified atom stereocenters. The molecule has 140 valence electrons. The van der Waals surface area contributed by atoms with Crippen molar-refractivity contribution < 1.29 is 0 Å². The van der Waals surface area contributed by atoms with Crippen LogP contribution in [0.1, 0.15) is 35.7 Å². The standard InChI is InChI=1S/C21H26N6/c1-16-5-3-7-20(24-16)25-21-11-17(8-9-22-21)18-6-4-10-27(12-18)14-19-13-26(2)15-23-19/h3,5,7-9,11,13,15,18H,4,6,10,12,14H2,1-2H3,(H,22,24,25). The second-order valence-electron chi connectivity index (χ2n) is 7.37. The Labute approximate surface area is 160 Å². The van der Waals surface area contributed by atoms with Gasteiger partial charge in [0.15, 0.2) is 0 Å². The Balaban J connectivity index is 1.44. The molecule has 1 atom stereocenters. The lowest BCUT2D eigenvalue weighted by molar-refractivity contribution is 0.198. The molecule has 0 saturated carbocycles. The molecule has 1 saturated heterocycles. The molecule has 1 aliphatic rings. The van der Waals surface area contributed by atoms with E-state index in [4.69, 9.17) is 0 Å². The quantitative estimate of drug-likeness (QED) is 0.751.